The molecular formula is C11H17NS. The van der Waals surface area contributed by atoms with Gasteiger partial charge in [-0.1, -0.05) is 12.1 Å². The Kier molecular flexibility index (Phi) is 4.33. The number of rotatable bonds is 4. The van der Waals surface area contributed by atoms with Gasteiger partial charge in [-0.3, -0.25) is 0 Å². The van der Waals surface area contributed by atoms with Gasteiger partial charge >= 0.3 is 0 Å². The summed E-state index contributed by atoms with van der Waals surface area (Å²) in [6.45, 7) is 2.05. The van der Waals surface area contributed by atoms with Gasteiger partial charge < -0.3 is 5.73 Å². The van der Waals surface area contributed by atoms with Crippen molar-refractivity contribution >= 4 is 11.8 Å². The molecule has 0 aliphatic rings. The third-order valence-corrected chi connectivity index (χ3v) is 2.75. The molecule has 0 fully saturated rings. The molecule has 72 valence electrons. The Morgan fingerprint density at radius 3 is 2.85 bits per heavy atom. The Bertz CT molecular complexity index is 258. The summed E-state index contributed by atoms with van der Waals surface area (Å²) in [5.74, 6) is 0. The molecule has 0 radical (unpaired) electrons. The van der Waals surface area contributed by atoms with Crippen LogP contribution in [0.4, 0.5) is 0 Å². The van der Waals surface area contributed by atoms with E-state index < -0.39 is 0 Å². The van der Waals surface area contributed by atoms with Crippen LogP contribution in [-0.2, 0) is 6.42 Å². The second-order valence-corrected chi connectivity index (χ2v) is 4.25. The van der Waals surface area contributed by atoms with E-state index in [2.05, 4.69) is 37.4 Å². The molecule has 1 nitrogen and oxygen atoms in total. The molecule has 1 aromatic carbocycles. The molecule has 2 N–H and O–H groups in total. The molecule has 0 heterocycles. The summed E-state index contributed by atoms with van der Waals surface area (Å²) in [6, 6.07) is 8.97. The highest BCUT2D eigenvalue weighted by Crippen LogP contribution is 2.16. The Morgan fingerprint density at radius 2 is 2.23 bits per heavy atom. The normalized spacial score (nSPS) is 12.8. The minimum Gasteiger partial charge on any atom is -0.328 e. The summed E-state index contributed by atoms with van der Waals surface area (Å²) in [5.41, 5.74) is 7.10. The quantitative estimate of drug-likeness (QED) is 0.748. The van der Waals surface area contributed by atoms with E-state index >= 15 is 0 Å². The zero-order valence-electron chi connectivity index (χ0n) is 8.29. The molecule has 0 amide bonds. The average Bonchev–Trinajstić information content (AvgIpc) is 2.15. The third-order valence-electron chi connectivity index (χ3n) is 2.02. The van der Waals surface area contributed by atoms with Crippen LogP contribution in [0.3, 0.4) is 0 Å². The summed E-state index contributed by atoms with van der Waals surface area (Å²) in [4.78, 5) is 1.34. The maximum atomic E-state index is 5.71. The first kappa shape index (κ1) is 10.6. The maximum absolute atomic E-state index is 5.71. The predicted octanol–water partition coefficient (Wildman–Crippen LogP) is 2.69. The van der Waals surface area contributed by atoms with Crippen LogP contribution in [0, 0.1) is 0 Å². The summed E-state index contributed by atoms with van der Waals surface area (Å²) in [7, 11) is 0. The fourth-order valence-electron chi connectivity index (χ4n) is 1.22. The molecule has 2 heteroatoms. The van der Waals surface area contributed by atoms with E-state index in [-0.39, 0.29) is 0 Å². The van der Waals surface area contributed by atoms with Gasteiger partial charge in [0, 0.05) is 10.9 Å². The Morgan fingerprint density at radius 1 is 1.46 bits per heavy atom. The van der Waals surface area contributed by atoms with E-state index in [1.165, 1.54) is 10.5 Å². The zero-order valence-corrected chi connectivity index (χ0v) is 9.10. The maximum Gasteiger partial charge on any atom is 0.00718 e. The molecule has 0 bridgehead atoms. The van der Waals surface area contributed by atoms with Gasteiger partial charge in [-0.15, -0.1) is 11.8 Å². The van der Waals surface area contributed by atoms with E-state index in [1.54, 1.807) is 11.8 Å². The Labute approximate surface area is 84.7 Å². The smallest absolute Gasteiger partial charge is 0.00718 e. The molecular weight excluding hydrogens is 178 g/mol. The Balaban J connectivity index is 2.56. The van der Waals surface area contributed by atoms with Gasteiger partial charge in [0.2, 0.25) is 0 Å². The highest BCUT2D eigenvalue weighted by Gasteiger charge is 1.97. The van der Waals surface area contributed by atoms with Crippen LogP contribution in [0.1, 0.15) is 18.9 Å². The lowest BCUT2D eigenvalue weighted by molar-refractivity contribution is 0.665. The van der Waals surface area contributed by atoms with Crippen LogP contribution in [0.25, 0.3) is 0 Å². The number of thioether (sulfide) groups is 1. The second kappa shape index (κ2) is 5.30. The van der Waals surface area contributed by atoms with Crippen LogP contribution in [0.15, 0.2) is 29.2 Å². The van der Waals surface area contributed by atoms with Crippen molar-refractivity contribution < 1.29 is 0 Å². The fourth-order valence-corrected chi connectivity index (χ4v) is 1.71. The predicted molar refractivity (Wildman–Crippen MR) is 60.2 cm³/mol. The largest absolute Gasteiger partial charge is 0.328 e. The summed E-state index contributed by atoms with van der Waals surface area (Å²) in [5, 5.41) is 0. The second-order valence-electron chi connectivity index (χ2n) is 3.37. The minimum absolute atomic E-state index is 0.304. The molecule has 0 aliphatic heterocycles. The van der Waals surface area contributed by atoms with Crippen molar-refractivity contribution in [3.63, 3.8) is 0 Å². The van der Waals surface area contributed by atoms with E-state index in [9.17, 15) is 0 Å². The van der Waals surface area contributed by atoms with Crippen molar-refractivity contribution in [2.45, 2.75) is 30.7 Å². The molecule has 1 rings (SSSR count). The molecule has 0 aromatic heterocycles. The molecule has 1 unspecified atom stereocenters. The molecule has 0 aliphatic carbocycles. The van der Waals surface area contributed by atoms with Crippen LogP contribution in [0.5, 0.6) is 0 Å². The van der Waals surface area contributed by atoms with Gasteiger partial charge in [0.25, 0.3) is 0 Å². The SMILES string of the molecule is CSc1cccc(CCC(C)N)c1. The number of nitrogens with two attached hydrogens (primary N) is 1. The van der Waals surface area contributed by atoms with Crippen molar-refractivity contribution in [1.29, 1.82) is 0 Å². The van der Waals surface area contributed by atoms with Gasteiger partial charge in [-0.2, -0.15) is 0 Å². The lowest BCUT2D eigenvalue weighted by Crippen LogP contribution is -2.15. The van der Waals surface area contributed by atoms with E-state index in [0.29, 0.717) is 6.04 Å². The van der Waals surface area contributed by atoms with Crippen molar-refractivity contribution in [2.75, 3.05) is 6.26 Å². The monoisotopic (exact) mass is 195 g/mol. The highest BCUT2D eigenvalue weighted by atomic mass is 32.2. The van der Waals surface area contributed by atoms with E-state index in [4.69, 9.17) is 5.73 Å². The van der Waals surface area contributed by atoms with Crippen molar-refractivity contribution in [3.05, 3.63) is 29.8 Å². The zero-order chi connectivity index (χ0) is 9.68. The van der Waals surface area contributed by atoms with Crippen LogP contribution < -0.4 is 5.73 Å². The molecule has 0 spiro atoms. The van der Waals surface area contributed by atoms with E-state index in [1.807, 2.05) is 0 Å². The first-order valence-electron chi connectivity index (χ1n) is 4.61. The summed E-state index contributed by atoms with van der Waals surface area (Å²) < 4.78 is 0. The number of aryl methyl sites for hydroxylation is 1. The van der Waals surface area contributed by atoms with Gasteiger partial charge in [-0.05, 0) is 43.7 Å². The van der Waals surface area contributed by atoms with Gasteiger partial charge in [0.1, 0.15) is 0 Å². The lowest BCUT2D eigenvalue weighted by Gasteiger charge is -2.05. The lowest BCUT2D eigenvalue weighted by atomic mass is 10.1. The molecule has 1 aromatic rings. The first-order chi connectivity index (χ1) is 6.22. The van der Waals surface area contributed by atoms with Crippen molar-refractivity contribution in [1.82, 2.24) is 0 Å². The minimum atomic E-state index is 0.304. The van der Waals surface area contributed by atoms with Gasteiger partial charge in [0.05, 0.1) is 0 Å². The van der Waals surface area contributed by atoms with Crippen molar-refractivity contribution in [2.24, 2.45) is 5.73 Å². The number of hydrogen-bond acceptors (Lipinski definition) is 2. The van der Waals surface area contributed by atoms with Crippen LogP contribution >= 0.6 is 11.8 Å². The molecule has 13 heavy (non-hydrogen) atoms. The van der Waals surface area contributed by atoms with Gasteiger partial charge in [-0.25, -0.2) is 0 Å². The summed E-state index contributed by atoms with van der Waals surface area (Å²) >= 11 is 1.79. The van der Waals surface area contributed by atoms with Crippen molar-refractivity contribution in [3.8, 4) is 0 Å². The average molecular weight is 195 g/mol. The highest BCUT2D eigenvalue weighted by molar-refractivity contribution is 7.98. The van der Waals surface area contributed by atoms with Crippen LogP contribution in [-0.4, -0.2) is 12.3 Å². The third kappa shape index (κ3) is 3.83. The molecule has 0 saturated carbocycles. The topological polar surface area (TPSA) is 26.0 Å². The van der Waals surface area contributed by atoms with E-state index in [0.717, 1.165) is 12.8 Å². The van der Waals surface area contributed by atoms with Gasteiger partial charge in [0.15, 0.2) is 0 Å². The van der Waals surface area contributed by atoms with Crippen LogP contribution in [0.2, 0.25) is 0 Å². The molecule has 0 saturated heterocycles. The number of benzene rings is 1. The Hall–Kier alpha value is -0.470. The number of hydrogen-bond donors (Lipinski definition) is 1. The summed E-state index contributed by atoms with van der Waals surface area (Å²) in [6.07, 6.45) is 4.26. The standard InChI is InChI=1S/C11H17NS/c1-9(12)6-7-10-4-3-5-11(8-10)13-2/h3-5,8-9H,6-7,12H2,1-2H3. The molecule has 1 atom stereocenters. The fraction of sp³-hybridized carbons (Fsp3) is 0.455. The first-order valence-corrected chi connectivity index (χ1v) is 5.83.